The summed E-state index contributed by atoms with van der Waals surface area (Å²) in [6.45, 7) is 5.95. The molecule has 0 bridgehead atoms. The Kier molecular flexibility index (Phi) is 6.07. The highest BCUT2D eigenvalue weighted by molar-refractivity contribution is 6.32. The van der Waals surface area contributed by atoms with E-state index < -0.39 is 11.9 Å². The van der Waals surface area contributed by atoms with Crippen LogP contribution in [0.5, 0.6) is 0 Å². The third kappa shape index (κ3) is 4.27. The summed E-state index contributed by atoms with van der Waals surface area (Å²) >= 11 is 6.01. The van der Waals surface area contributed by atoms with Gasteiger partial charge in [0, 0.05) is 22.1 Å². The van der Waals surface area contributed by atoms with E-state index in [0.29, 0.717) is 22.9 Å². The molecule has 1 aliphatic rings. The van der Waals surface area contributed by atoms with Gasteiger partial charge >= 0.3 is 12.0 Å². The second kappa shape index (κ2) is 8.96. The minimum absolute atomic E-state index is 0.179. The number of carbonyl (C=O) groups excluding carboxylic acids is 3. The molecule has 1 aliphatic heterocycles. The summed E-state index contributed by atoms with van der Waals surface area (Å²) in [6, 6.07) is 15.1. The predicted molar refractivity (Wildman–Crippen MR) is 127 cm³/mol. The number of hydrogen-bond acceptors (Lipinski definition) is 4. The van der Waals surface area contributed by atoms with Gasteiger partial charge in [-0.15, -0.1) is 0 Å². The molecule has 2 aromatic carbocycles. The molecular weight excluding hydrogens is 442 g/mol. The number of anilines is 1. The third-order valence-electron chi connectivity index (χ3n) is 5.35. The Morgan fingerprint density at radius 1 is 1.06 bits per heavy atom. The summed E-state index contributed by atoms with van der Waals surface area (Å²) in [5, 5.41) is 3.08. The first kappa shape index (κ1) is 22.4. The number of imide groups is 1. The van der Waals surface area contributed by atoms with Gasteiger partial charge in [0.15, 0.2) is 0 Å². The van der Waals surface area contributed by atoms with E-state index >= 15 is 0 Å². The predicted octanol–water partition coefficient (Wildman–Crippen LogP) is 5.02. The number of hydrogen-bond donors (Lipinski definition) is 1. The topological polar surface area (TPSA) is 80.6 Å². The molecule has 7 nitrogen and oxygen atoms in total. The quantitative estimate of drug-likeness (QED) is 0.327. The molecule has 0 saturated carbocycles. The number of aromatic nitrogens is 1. The summed E-state index contributed by atoms with van der Waals surface area (Å²) in [5.74, 6) is -0.818. The lowest BCUT2D eigenvalue weighted by Crippen LogP contribution is -2.30. The smallest absolute Gasteiger partial charge is 0.338 e. The van der Waals surface area contributed by atoms with Gasteiger partial charge < -0.3 is 14.6 Å². The molecule has 1 aromatic heterocycles. The zero-order chi connectivity index (χ0) is 23.7. The molecule has 4 rings (SSSR count). The summed E-state index contributed by atoms with van der Waals surface area (Å²) in [7, 11) is 0. The average molecular weight is 464 g/mol. The second-order valence-corrected chi connectivity index (χ2v) is 7.97. The number of nitrogens with one attached hydrogen (secondary N) is 1. The lowest BCUT2D eigenvalue weighted by atomic mass is 10.2. The normalized spacial score (nSPS) is 14.7. The van der Waals surface area contributed by atoms with E-state index in [1.54, 1.807) is 49.4 Å². The van der Waals surface area contributed by atoms with Crippen LogP contribution < -0.4 is 10.2 Å². The van der Waals surface area contributed by atoms with Crippen LogP contribution in [0.2, 0.25) is 5.02 Å². The molecule has 8 heteroatoms. The fraction of sp³-hybridized carbons (Fsp3) is 0.160. The van der Waals surface area contributed by atoms with Gasteiger partial charge in [0.25, 0.3) is 5.91 Å². The summed E-state index contributed by atoms with van der Waals surface area (Å²) in [5.41, 5.74) is 4.53. The number of nitrogens with zero attached hydrogens (tertiary/aromatic N) is 2. The molecule has 0 spiro atoms. The number of halogens is 1. The summed E-state index contributed by atoms with van der Waals surface area (Å²) in [4.78, 5) is 38.4. The van der Waals surface area contributed by atoms with Crippen LogP contribution in [0.3, 0.4) is 0 Å². The van der Waals surface area contributed by atoms with Crippen molar-refractivity contribution < 1.29 is 19.1 Å². The maximum absolute atomic E-state index is 12.9. The zero-order valence-electron chi connectivity index (χ0n) is 18.4. The summed E-state index contributed by atoms with van der Waals surface area (Å²) < 4.78 is 7.05. The number of amides is 3. The van der Waals surface area contributed by atoms with Gasteiger partial charge in [-0.05, 0) is 80.9 Å². The van der Waals surface area contributed by atoms with Crippen molar-refractivity contribution in [2.45, 2.75) is 20.8 Å². The van der Waals surface area contributed by atoms with Gasteiger partial charge in [0.1, 0.15) is 5.70 Å². The van der Waals surface area contributed by atoms with Gasteiger partial charge in [0.2, 0.25) is 0 Å². The molecule has 0 unspecified atom stereocenters. The number of aryl methyl sites for hydroxylation is 1. The van der Waals surface area contributed by atoms with Crippen LogP contribution in [0, 0.1) is 13.8 Å². The maximum Gasteiger partial charge on any atom is 0.338 e. The lowest BCUT2D eigenvalue weighted by Gasteiger charge is -2.11. The van der Waals surface area contributed by atoms with Gasteiger partial charge in [-0.25, -0.2) is 14.5 Å². The van der Waals surface area contributed by atoms with Crippen LogP contribution in [0.1, 0.15) is 34.2 Å². The molecule has 1 saturated heterocycles. The first-order valence-electron chi connectivity index (χ1n) is 10.4. The van der Waals surface area contributed by atoms with E-state index in [4.69, 9.17) is 16.3 Å². The summed E-state index contributed by atoms with van der Waals surface area (Å²) in [6.07, 6.45) is 1.66. The van der Waals surface area contributed by atoms with Crippen molar-refractivity contribution in [1.82, 2.24) is 9.88 Å². The van der Waals surface area contributed by atoms with Crippen LogP contribution in [-0.4, -0.2) is 29.1 Å². The number of urea groups is 1. The van der Waals surface area contributed by atoms with E-state index in [-0.39, 0.29) is 11.7 Å². The SMILES string of the molecule is CCOC(=O)c1ccc(-n2c(C)cc(/C=C3/NC(=O)N(c4cccc(Cl)c4)C3=O)c2C)cc1. The van der Waals surface area contributed by atoms with E-state index in [1.807, 2.05) is 36.6 Å². The number of carbonyl (C=O) groups is 3. The molecule has 33 heavy (non-hydrogen) atoms. The van der Waals surface area contributed by atoms with Crippen molar-refractivity contribution in [1.29, 1.82) is 0 Å². The molecular formula is C25H22ClN3O4. The Bertz CT molecular complexity index is 1290. The van der Waals surface area contributed by atoms with E-state index in [9.17, 15) is 14.4 Å². The number of benzene rings is 2. The molecule has 1 N–H and O–H groups in total. The molecule has 168 valence electrons. The Balaban J connectivity index is 1.64. The second-order valence-electron chi connectivity index (χ2n) is 7.54. The van der Waals surface area contributed by atoms with Gasteiger partial charge in [-0.3, -0.25) is 4.79 Å². The Morgan fingerprint density at radius 2 is 1.79 bits per heavy atom. The monoisotopic (exact) mass is 463 g/mol. The lowest BCUT2D eigenvalue weighted by molar-refractivity contribution is -0.113. The van der Waals surface area contributed by atoms with E-state index in [1.165, 1.54) is 0 Å². The van der Waals surface area contributed by atoms with Crippen LogP contribution in [0.4, 0.5) is 10.5 Å². The third-order valence-corrected chi connectivity index (χ3v) is 5.59. The van der Waals surface area contributed by atoms with Gasteiger partial charge in [0.05, 0.1) is 17.9 Å². The molecule has 0 aliphatic carbocycles. The Morgan fingerprint density at radius 3 is 2.45 bits per heavy atom. The van der Waals surface area contributed by atoms with Crippen LogP contribution >= 0.6 is 11.6 Å². The van der Waals surface area contributed by atoms with Crippen molar-refractivity contribution in [2.24, 2.45) is 0 Å². The largest absolute Gasteiger partial charge is 0.462 e. The first-order valence-corrected chi connectivity index (χ1v) is 10.8. The highest BCUT2D eigenvalue weighted by Crippen LogP contribution is 2.27. The molecule has 3 aromatic rings. The Hall–Kier alpha value is -3.84. The zero-order valence-corrected chi connectivity index (χ0v) is 19.1. The molecule has 0 atom stereocenters. The number of rotatable bonds is 5. The molecule has 3 amide bonds. The standard InChI is InChI=1S/C25H22ClN3O4/c1-4-33-24(31)17-8-10-20(11-9-17)28-15(2)12-18(16(28)3)13-22-23(30)29(25(32)27-22)21-7-5-6-19(26)14-21/h5-14H,4H2,1-3H3,(H,27,32)/b22-13+. The van der Waals surface area contributed by atoms with Gasteiger partial charge in [-0.1, -0.05) is 17.7 Å². The van der Waals surface area contributed by atoms with E-state index in [2.05, 4.69) is 5.32 Å². The van der Waals surface area contributed by atoms with Crippen LogP contribution in [-0.2, 0) is 9.53 Å². The van der Waals surface area contributed by atoms with Crippen molar-refractivity contribution in [3.63, 3.8) is 0 Å². The Labute approximate surface area is 196 Å². The molecule has 2 heterocycles. The number of esters is 1. The van der Waals surface area contributed by atoms with Crippen LogP contribution in [0.25, 0.3) is 11.8 Å². The average Bonchev–Trinajstić information content (AvgIpc) is 3.22. The maximum atomic E-state index is 12.9. The first-order chi connectivity index (χ1) is 15.8. The fourth-order valence-electron chi connectivity index (χ4n) is 3.83. The van der Waals surface area contributed by atoms with Gasteiger partial charge in [-0.2, -0.15) is 0 Å². The van der Waals surface area contributed by atoms with Crippen LogP contribution in [0.15, 0.2) is 60.3 Å². The van der Waals surface area contributed by atoms with Crippen molar-refractivity contribution in [3.8, 4) is 5.69 Å². The molecule has 0 radical (unpaired) electrons. The minimum Gasteiger partial charge on any atom is -0.462 e. The minimum atomic E-state index is -0.531. The van der Waals surface area contributed by atoms with E-state index in [0.717, 1.165) is 27.5 Å². The molecule has 1 fully saturated rings. The number of ether oxygens (including phenoxy) is 1. The van der Waals surface area contributed by atoms with Crippen molar-refractivity contribution in [3.05, 3.63) is 87.8 Å². The van der Waals surface area contributed by atoms with Crippen molar-refractivity contribution in [2.75, 3.05) is 11.5 Å². The van der Waals surface area contributed by atoms with Crippen molar-refractivity contribution >= 4 is 41.3 Å². The highest BCUT2D eigenvalue weighted by atomic mass is 35.5. The fourth-order valence-corrected chi connectivity index (χ4v) is 4.02. The highest BCUT2D eigenvalue weighted by Gasteiger charge is 2.35.